The Bertz CT molecular complexity index is 1230. The van der Waals surface area contributed by atoms with E-state index in [9.17, 15) is 4.79 Å². The summed E-state index contributed by atoms with van der Waals surface area (Å²) in [6.45, 7) is 4.02. The van der Waals surface area contributed by atoms with Gasteiger partial charge >= 0.3 is 0 Å². The van der Waals surface area contributed by atoms with Crippen LogP contribution < -0.4 is 5.32 Å². The average molecular weight is 450 g/mol. The Labute approximate surface area is 189 Å². The minimum absolute atomic E-state index is 0.107. The Morgan fingerprint density at radius 1 is 1.06 bits per heavy atom. The van der Waals surface area contributed by atoms with Crippen LogP contribution in [0.4, 0.5) is 5.69 Å². The molecule has 0 bridgehead atoms. The fourth-order valence-electron chi connectivity index (χ4n) is 3.10. The Balaban J connectivity index is 1.60. The van der Waals surface area contributed by atoms with E-state index in [1.54, 1.807) is 12.4 Å². The zero-order valence-electron chi connectivity index (χ0n) is 17.0. The minimum atomic E-state index is -0.107. The van der Waals surface area contributed by atoms with Crippen molar-refractivity contribution in [2.75, 3.05) is 11.1 Å². The zero-order chi connectivity index (χ0) is 21.8. The lowest BCUT2D eigenvalue weighted by Gasteiger charge is -2.12. The van der Waals surface area contributed by atoms with E-state index in [2.05, 4.69) is 20.5 Å². The Morgan fingerprint density at radius 2 is 1.84 bits per heavy atom. The van der Waals surface area contributed by atoms with Crippen LogP contribution in [0.3, 0.4) is 0 Å². The monoisotopic (exact) mass is 449 g/mol. The maximum atomic E-state index is 12.6. The van der Waals surface area contributed by atoms with E-state index in [-0.39, 0.29) is 11.7 Å². The molecule has 0 atom stereocenters. The second kappa shape index (κ2) is 9.32. The highest BCUT2D eigenvalue weighted by atomic mass is 35.5. The standard InChI is InChI=1S/C23H20ClN5OS/c1-15-5-3-8-20(16(15)2)26-21(30)14-31-23-28-27-22(17-9-11-25-12-10-17)29(23)19-7-4-6-18(24)13-19/h3-13H,14H2,1-2H3,(H,26,30). The second-order valence-electron chi connectivity index (χ2n) is 6.94. The Morgan fingerprint density at radius 3 is 2.61 bits per heavy atom. The van der Waals surface area contributed by atoms with Gasteiger partial charge in [0.2, 0.25) is 5.91 Å². The lowest BCUT2D eigenvalue weighted by Crippen LogP contribution is -2.15. The SMILES string of the molecule is Cc1cccc(NC(=O)CSc2nnc(-c3ccncc3)n2-c2cccc(Cl)c2)c1C. The van der Waals surface area contributed by atoms with Gasteiger partial charge in [0.1, 0.15) is 0 Å². The van der Waals surface area contributed by atoms with Gasteiger partial charge in [-0.05, 0) is 61.4 Å². The normalized spacial score (nSPS) is 10.8. The van der Waals surface area contributed by atoms with E-state index in [4.69, 9.17) is 11.6 Å². The molecule has 4 rings (SSSR count). The summed E-state index contributed by atoms with van der Waals surface area (Å²) in [5, 5.41) is 12.9. The summed E-state index contributed by atoms with van der Waals surface area (Å²) in [6, 6.07) is 17.0. The summed E-state index contributed by atoms with van der Waals surface area (Å²) < 4.78 is 1.90. The minimum Gasteiger partial charge on any atom is -0.325 e. The predicted molar refractivity (Wildman–Crippen MR) is 125 cm³/mol. The molecule has 1 N–H and O–H groups in total. The molecule has 0 saturated carbocycles. The van der Waals surface area contributed by atoms with Crippen molar-refractivity contribution in [3.63, 3.8) is 0 Å². The first kappa shape index (κ1) is 21.1. The number of benzene rings is 2. The fraction of sp³-hybridized carbons (Fsp3) is 0.130. The second-order valence-corrected chi connectivity index (χ2v) is 8.32. The molecular formula is C23H20ClN5OS. The highest BCUT2D eigenvalue weighted by molar-refractivity contribution is 7.99. The number of amides is 1. The highest BCUT2D eigenvalue weighted by Crippen LogP contribution is 2.29. The van der Waals surface area contributed by atoms with Crippen LogP contribution in [0.15, 0.2) is 72.1 Å². The van der Waals surface area contributed by atoms with Gasteiger partial charge in [-0.3, -0.25) is 14.3 Å². The number of anilines is 1. The van der Waals surface area contributed by atoms with Crippen molar-refractivity contribution in [3.8, 4) is 17.1 Å². The molecule has 4 aromatic rings. The topological polar surface area (TPSA) is 72.7 Å². The zero-order valence-corrected chi connectivity index (χ0v) is 18.6. The molecule has 6 nitrogen and oxygen atoms in total. The smallest absolute Gasteiger partial charge is 0.234 e. The third-order valence-corrected chi connectivity index (χ3v) is 6.01. The largest absolute Gasteiger partial charge is 0.325 e. The van der Waals surface area contributed by atoms with E-state index < -0.39 is 0 Å². The number of pyridine rings is 1. The van der Waals surface area contributed by atoms with E-state index in [0.717, 1.165) is 28.1 Å². The van der Waals surface area contributed by atoms with E-state index in [1.165, 1.54) is 11.8 Å². The van der Waals surface area contributed by atoms with Crippen LogP contribution in [0.25, 0.3) is 17.1 Å². The van der Waals surface area contributed by atoms with Gasteiger partial charge in [0.25, 0.3) is 0 Å². The molecule has 0 fully saturated rings. The maximum absolute atomic E-state index is 12.6. The fourth-order valence-corrected chi connectivity index (χ4v) is 4.04. The van der Waals surface area contributed by atoms with Gasteiger partial charge in [-0.25, -0.2) is 0 Å². The molecule has 2 aromatic carbocycles. The van der Waals surface area contributed by atoms with Crippen molar-refractivity contribution in [2.24, 2.45) is 0 Å². The third-order valence-electron chi connectivity index (χ3n) is 4.85. The number of nitrogens with zero attached hydrogens (tertiary/aromatic N) is 4. The van der Waals surface area contributed by atoms with Crippen LogP contribution in [0.1, 0.15) is 11.1 Å². The van der Waals surface area contributed by atoms with E-state index in [1.807, 2.05) is 73.0 Å². The molecule has 0 unspecified atom stereocenters. The highest BCUT2D eigenvalue weighted by Gasteiger charge is 2.18. The molecule has 31 heavy (non-hydrogen) atoms. The average Bonchev–Trinajstić information content (AvgIpc) is 3.20. The van der Waals surface area contributed by atoms with Crippen LogP contribution in [-0.2, 0) is 4.79 Å². The number of rotatable bonds is 6. The van der Waals surface area contributed by atoms with Crippen molar-refractivity contribution in [1.29, 1.82) is 0 Å². The molecular weight excluding hydrogens is 430 g/mol. The van der Waals surface area contributed by atoms with Crippen molar-refractivity contribution >= 4 is 35.0 Å². The summed E-state index contributed by atoms with van der Waals surface area (Å²) in [7, 11) is 0. The van der Waals surface area contributed by atoms with Gasteiger partial charge in [0.05, 0.1) is 11.4 Å². The molecule has 2 heterocycles. The quantitative estimate of drug-likeness (QED) is 0.403. The molecule has 8 heteroatoms. The summed E-state index contributed by atoms with van der Waals surface area (Å²) >= 11 is 7.54. The Kier molecular flexibility index (Phi) is 6.34. The molecule has 2 aromatic heterocycles. The van der Waals surface area contributed by atoms with E-state index in [0.29, 0.717) is 16.0 Å². The number of halogens is 1. The Hall–Kier alpha value is -3.16. The summed E-state index contributed by atoms with van der Waals surface area (Å²) in [5.74, 6) is 0.745. The van der Waals surface area contributed by atoms with Gasteiger partial charge in [0.15, 0.2) is 11.0 Å². The molecule has 0 saturated heterocycles. The number of nitrogens with one attached hydrogen (secondary N) is 1. The molecule has 0 radical (unpaired) electrons. The third kappa shape index (κ3) is 4.78. The van der Waals surface area contributed by atoms with Gasteiger partial charge < -0.3 is 5.32 Å². The molecule has 156 valence electrons. The number of thioether (sulfide) groups is 1. The molecule has 0 aliphatic heterocycles. The van der Waals surface area contributed by atoms with Crippen LogP contribution >= 0.6 is 23.4 Å². The van der Waals surface area contributed by atoms with Crippen LogP contribution in [0.5, 0.6) is 0 Å². The molecule has 0 aliphatic carbocycles. The van der Waals surface area contributed by atoms with Crippen LogP contribution in [0, 0.1) is 13.8 Å². The van der Waals surface area contributed by atoms with Crippen molar-refractivity contribution in [2.45, 2.75) is 19.0 Å². The van der Waals surface area contributed by atoms with E-state index >= 15 is 0 Å². The molecule has 0 spiro atoms. The van der Waals surface area contributed by atoms with Crippen LogP contribution in [0.2, 0.25) is 5.02 Å². The number of hydrogen-bond donors (Lipinski definition) is 1. The van der Waals surface area contributed by atoms with Crippen molar-refractivity contribution in [1.82, 2.24) is 19.7 Å². The number of carbonyl (C=O) groups excluding carboxylic acids is 1. The predicted octanol–water partition coefficient (Wildman–Crippen LogP) is 5.33. The molecule has 0 aliphatic rings. The first-order valence-corrected chi connectivity index (χ1v) is 11.0. The number of hydrogen-bond acceptors (Lipinski definition) is 5. The maximum Gasteiger partial charge on any atom is 0.234 e. The van der Waals surface area contributed by atoms with Crippen LogP contribution in [-0.4, -0.2) is 31.4 Å². The van der Waals surface area contributed by atoms with Gasteiger partial charge in [-0.2, -0.15) is 0 Å². The number of carbonyl (C=O) groups is 1. The lowest BCUT2D eigenvalue weighted by molar-refractivity contribution is -0.113. The van der Waals surface area contributed by atoms with Gasteiger partial charge in [0, 0.05) is 28.7 Å². The van der Waals surface area contributed by atoms with Gasteiger partial charge in [-0.15, -0.1) is 10.2 Å². The number of aromatic nitrogens is 4. The van der Waals surface area contributed by atoms with Crippen molar-refractivity contribution < 1.29 is 4.79 Å². The first-order valence-electron chi connectivity index (χ1n) is 9.63. The summed E-state index contributed by atoms with van der Waals surface area (Å²) in [6.07, 6.45) is 3.41. The lowest BCUT2D eigenvalue weighted by atomic mass is 10.1. The summed E-state index contributed by atoms with van der Waals surface area (Å²) in [4.78, 5) is 16.7. The van der Waals surface area contributed by atoms with Crippen molar-refractivity contribution in [3.05, 3.63) is 83.1 Å². The molecule has 1 amide bonds. The summed E-state index contributed by atoms with van der Waals surface area (Å²) in [5.41, 5.74) is 4.70. The number of aryl methyl sites for hydroxylation is 1. The first-order chi connectivity index (χ1) is 15.0. The van der Waals surface area contributed by atoms with Gasteiger partial charge in [-0.1, -0.05) is 41.6 Å².